The number of aliphatic imine (C=N–C) groups is 1. The van der Waals surface area contributed by atoms with Crippen LogP contribution in [0, 0.1) is 28.9 Å². The van der Waals surface area contributed by atoms with E-state index in [1.54, 1.807) is 0 Å². The van der Waals surface area contributed by atoms with Crippen molar-refractivity contribution in [2.75, 3.05) is 0 Å². The Morgan fingerprint density at radius 3 is 2.18 bits per heavy atom. The highest BCUT2D eigenvalue weighted by molar-refractivity contribution is 6.16. The second-order valence-corrected chi connectivity index (χ2v) is 11.4. The number of alkyl halides is 3. The maximum atomic E-state index is 14.5. The van der Waals surface area contributed by atoms with Crippen molar-refractivity contribution in [3.05, 3.63) is 82.1 Å². The van der Waals surface area contributed by atoms with Gasteiger partial charge in [-0.3, -0.25) is 14.6 Å². The molecule has 0 radical (unpaired) electrons. The van der Waals surface area contributed by atoms with Crippen molar-refractivity contribution in [1.29, 1.82) is 0 Å². The molecule has 2 aliphatic carbocycles. The molecule has 2 unspecified atom stereocenters. The first-order valence-electron chi connectivity index (χ1n) is 12.9. The van der Waals surface area contributed by atoms with Crippen LogP contribution in [0.4, 0.5) is 22.0 Å². The van der Waals surface area contributed by atoms with Gasteiger partial charge < -0.3 is 0 Å². The Hall–Kier alpha value is -3.16. The molecule has 0 spiro atoms. The number of fused-ring (bicyclic) bond motifs is 1. The number of nitrogens with zero attached hydrogens (tertiary/aromatic N) is 1. The number of Topliss-reactive ketones (excluding diaryl/α,β-unsaturated/α-hetero) is 2. The SMILES string of the molecule is CC1(C)CC(=O)C2C(=NC(C3CCCC3)=C(C(=O)c3ccc(C(F)(F)F)cc3)C2c2ccc(F)c(F)c2)C1. The average Bonchev–Trinajstić information content (AvgIpc) is 3.38. The Labute approximate surface area is 217 Å². The van der Waals surface area contributed by atoms with Crippen LogP contribution in [0.25, 0.3) is 0 Å². The Morgan fingerprint density at radius 1 is 0.921 bits per heavy atom. The van der Waals surface area contributed by atoms with E-state index < -0.39 is 41.0 Å². The van der Waals surface area contributed by atoms with Crippen LogP contribution in [0.5, 0.6) is 0 Å². The van der Waals surface area contributed by atoms with Crippen LogP contribution < -0.4 is 0 Å². The molecule has 1 aliphatic heterocycles. The first kappa shape index (κ1) is 26.4. The maximum Gasteiger partial charge on any atom is 0.416 e. The van der Waals surface area contributed by atoms with Gasteiger partial charge in [-0.2, -0.15) is 13.2 Å². The van der Waals surface area contributed by atoms with Gasteiger partial charge in [0.2, 0.25) is 0 Å². The Bertz CT molecular complexity index is 1350. The summed E-state index contributed by atoms with van der Waals surface area (Å²) in [6.45, 7) is 3.94. The zero-order valence-corrected chi connectivity index (χ0v) is 21.2. The summed E-state index contributed by atoms with van der Waals surface area (Å²) in [6.07, 6.45) is -0.381. The van der Waals surface area contributed by atoms with Crippen LogP contribution in [0.2, 0.25) is 0 Å². The molecule has 0 amide bonds. The molecule has 3 nitrogen and oxygen atoms in total. The quantitative estimate of drug-likeness (QED) is 0.299. The van der Waals surface area contributed by atoms with Gasteiger partial charge in [0.1, 0.15) is 5.78 Å². The lowest BCUT2D eigenvalue weighted by Crippen LogP contribution is -2.44. The summed E-state index contributed by atoms with van der Waals surface area (Å²) in [5.74, 6) is -4.64. The van der Waals surface area contributed by atoms with Crippen molar-refractivity contribution >= 4 is 17.3 Å². The molecule has 2 saturated carbocycles. The highest BCUT2D eigenvalue weighted by Crippen LogP contribution is 2.50. The van der Waals surface area contributed by atoms with E-state index in [9.17, 15) is 31.5 Å². The number of halogens is 5. The summed E-state index contributed by atoms with van der Waals surface area (Å²) in [6, 6.07) is 7.31. The predicted octanol–water partition coefficient (Wildman–Crippen LogP) is 7.85. The van der Waals surface area contributed by atoms with Crippen LogP contribution in [0.3, 0.4) is 0 Å². The van der Waals surface area contributed by atoms with Crippen LogP contribution in [0.1, 0.15) is 79.8 Å². The fourth-order valence-electron chi connectivity index (χ4n) is 6.26. The van der Waals surface area contributed by atoms with Crippen LogP contribution in [0.15, 0.2) is 58.7 Å². The van der Waals surface area contributed by atoms with Crippen molar-refractivity contribution in [2.45, 2.75) is 64.5 Å². The van der Waals surface area contributed by atoms with E-state index in [1.165, 1.54) is 6.07 Å². The average molecular weight is 530 g/mol. The molecule has 2 aromatic rings. The highest BCUT2D eigenvalue weighted by Gasteiger charge is 2.49. The summed E-state index contributed by atoms with van der Waals surface area (Å²) >= 11 is 0. The van der Waals surface area contributed by atoms with E-state index in [0.29, 0.717) is 17.8 Å². The summed E-state index contributed by atoms with van der Waals surface area (Å²) < 4.78 is 67.9. The van der Waals surface area contributed by atoms with Gasteiger partial charge in [0, 0.05) is 35.1 Å². The molecular weight excluding hydrogens is 501 g/mol. The van der Waals surface area contributed by atoms with Gasteiger partial charge in [-0.1, -0.05) is 44.9 Å². The monoisotopic (exact) mass is 529 g/mol. The summed E-state index contributed by atoms with van der Waals surface area (Å²) in [7, 11) is 0. The van der Waals surface area contributed by atoms with E-state index in [1.807, 2.05) is 13.8 Å². The number of hydrogen-bond acceptors (Lipinski definition) is 3. The standard InChI is InChI=1S/C30H28F5NO2/c1-29(2)14-22-25(23(37)15-29)24(18-9-12-20(31)21(32)13-18)26(27(36-22)16-5-3-4-6-16)28(38)17-7-10-19(11-8-17)30(33,34)35/h7-13,16,24-25H,3-6,14-15H2,1-2H3. The molecule has 1 heterocycles. The molecule has 2 atom stereocenters. The minimum Gasteiger partial charge on any atom is -0.299 e. The van der Waals surface area contributed by atoms with Gasteiger partial charge in [0.15, 0.2) is 17.4 Å². The van der Waals surface area contributed by atoms with E-state index in [4.69, 9.17) is 4.99 Å². The number of rotatable bonds is 4. The Kier molecular flexibility index (Phi) is 6.64. The zero-order chi connectivity index (χ0) is 27.4. The first-order chi connectivity index (χ1) is 17.9. The highest BCUT2D eigenvalue weighted by atomic mass is 19.4. The number of allylic oxidation sites excluding steroid dienone is 2. The van der Waals surface area contributed by atoms with Gasteiger partial charge >= 0.3 is 6.18 Å². The molecule has 5 rings (SSSR count). The molecular formula is C30H28F5NO2. The second kappa shape index (κ2) is 9.54. The molecule has 8 heteroatoms. The normalized spacial score (nSPS) is 23.9. The minimum atomic E-state index is -4.56. The van der Waals surface area contributed by atoms with Gasteiger partial charge in [-0.05, 0) is 54.5 Å². The number of benzene rings is 2. The van der Waals surface area contributed by atoms with Gasteiger partial charge in [-0.15, -0.1) is 0 Å². The Balaban J connectivity index is 1.73. The fourth-order valence-corrected chi connectivity index (χ4v) is 6.26. The molecule has 2 aromatic carbocycles. The lowest BCUT2D eigenvalue weighted by Gasteiger charge is -2.42. The topological polar surface area (TPSA) is 46.5 Å². The van der Waals surface area contributed by atoms with E-state index in [-0.39, 0.29) is 40.2 Å². The maximum absolute atomic E-state index is 14.5. The summed E-state index contributed by atoms with van der Waals surface area (Å²) in [5.41, 5.74) is 0.430. The van der Waals surface area contributed by atoms with Crippen molar-refractivity contribution in [1.82, 2.24) is 0 Å². The number of carbonyl (C=O) groups is 2. The second-order valence-electron chi connectivity index (χ2n) is 11.4. The molecule has 0 aromatic heterocycles. The van der Waals surface area contributed by atoms with E-state index >= 15 is 0 Å². The summed E-state index contributed by atoms with van der Waals surface area (Å²) in [5, 5.41) is 0. The van der Waals surface area contributed by atoms with Crippen LogP contribution in [-0.4, -0.2) is 17.3 Å². The smallest absolute Gasteiger partial charge is 0.299 e. The molecule has 0 N–H and O–H groups in total. The molecule has 38 heavy (non-hydrogen) atoms. The van der Waals surface area contributed by atoms with Crippen LogP contribution >= 0.6 is 0 Å². The van der Waals surface area contributed by atoms with E-state index in [0.717, 1.165) is 62.1 Å². The zero-order valence-electron chi connectivity index (χ0n) is 21.2. The summed E-state index contributed by atoms with van der Waals surface area (Å²) in [4.78, 5) is 32.6. The van der Waals surface area contributed by atoms with Gasteiger partial charge in [-0.25, -0.2) is 8.78 Å². The number of carbonyl (C=O) groups excluding carboxylic acids is 2. The fraction of sp³-hybridized carbons (Fsp3) is 0.433. The first-order valence-corrected chi connectivity index (χ1v) is 12.9. The lowest BCUT2D eigenvalue weighted by atomic mass is 9.62. The predicted molar refractivity (Wildman–Crippen MR) is 133 cm³/mol. The lowest BCUT2D eigenvalue weighted by molar-refractivity contribution is -0.137. The third-order valence-corrected chi connectivity index (χ3v) is 7.97. The van der Waals surface area contributed by atoms with Crippen molar-refractivity contribution in [3.8, 4) is 0 Å². The van der Waals surface area contributed by atoms with Crippen molar-refractivity contribution in [2.24, 2.45) is 22.2 Å². The number of hydrogen-bond donors (Lipinski definition) is 0. The van der Waals surface area contributed by atoms with Crippen molar-refractivity contribution in [3.63, 3.8) is 0 Å². The van der Waals surface area contributed by atoms with Gasteiger partial charge in [0.05, 0.1) is 17.2 Å². The molecule has 0 bridgehead atoms. The van der Waals surface area contributed by atoms with Crippen LogP contribution in [-0.2, 0) is 11.0 Å². The van der Waals surface area contributed by atoms with E-state index in [2.05, 4.69) is 0 Å². The molecule has 200 valence electrons. The largest absolute Gasteiger partial charge is 0.416 e. The number of ketones is 2. The molecule has 2 fully saturated rings. The molecule has 3 aliphatic rings. The minimum absolute atomic E-state index is 0.0262. The third-order valence-electron chi connectivity index (χ3n) is 7.97. The third kappa shape index (κ3) is 4.85. The molecule has 0 saturated heterocycles. The van der Waals surface area contributed by atoms with Crippen molar-refractivity contribution < 1.29 is 31.5 Å². The van der Waals surface area contributed by atoms with Gasteiger partial charge in [0.25, 0.3) is 0 Å². The Morgan fingerprint density at radius 2 is 1.58 bits per heavy atom.